The normalized spacial score (nSPS) is 13.7. The number of hydrogen-bond acceptors (Lipinski definition) is 6. The molecule has 0 saturated carbocycles. The van der Waals surface area contributed by atoms with Gasteiger partial charge in [-0.05, 0) is 34.4 Å². The number of carbonyl (C=O) groups is 2. The Morgan fingerprint density at radius 2 is 1.37 bits per heavy atom. The largest absolute Gasteiger partial charge is 0.481 e. The van der Waals surface area contributed by atoms with Gasteiger partial charge in [-0.3, -0.25) is 14.1 Å². The second-order valence-corrected chi connectivity index (χ2v) is 9.73. The minimum absolute atomic E-state index is 0.557. The highest BCUT2D eigenvalue weighted by Gasteiger charge is 2.33. The van der Waals surface area contributed by atoms with E-state index in [4.69, 9.17) is 24.5 Å². The van der Waals surface area contributed by atoms with Crippen LogP contribution in [0.3, 0.4) is 0 Å². The third kappa shape index (κ3) is 8.41. The molecule has 38 heavy (non-hydrogen) atoms. The molecule has 0 aliphatic carbocycles. The zero-order chi connectivity index (χ0) is 27.5. The molecule has 3 aromatic rings. The highest BCUT2D eigenvalue weighted by Crippen LogP contribution is 2.32. The van der Waals surface area contributed by atoms with Crippen LogP contribution in [-0.4, -0.2) is 47.0 Å². The van der Waals surface area contributed by atoms with Gasteiger partial charge in [0.05, 0.1) is 13.0 Å². The number of fused-ring (bicyclic) bond motifs is 3. The Balaban J connectivity index is 0.000000284. The predicted octanol–water partition coefficient (Wildman–Crippen LogP) is 4.70. The Labute approximate surface area is 220 Å². The summed E-state index contributed by atoms with van der Waals surface area (Å²) in [5.74, 6) is -2.76. The molecule has 0 saturated heterocycles. The molecule has 4 rings (SSSR count). The lowest BCUT2D eigenvalue weighted by Crippen LogP contribution is -2.31. The van der Waals surface area contributed by atoms with Gasteiger partial charge in [0, 0.05) is 12.0 Å². The van der Waals surface area contributed by atoms with E-state index < -0.39 is 33.7 Å². The summed E-state index contributed by atoms with van der Waals surface area (Å²) in [6, 6.07) is 24.7. The summed E-state index contributed by atoms with van der Waals surface area (Å²) in [6.45, 7) is 0.557. The van der Waals surface area contributed by atoms with Crippen LogP contribution >= 0.6 is 0 Å². The molecule has 3 N–H and O–H groups in total. The second-order valence-electron chi connectivity index (χ2n) is 8.13. The van der Waals surface area contributed by atoms with E-state index in [2.05, 4.69) is 54.6 Å². The van der Waals surface area contributed by atoms with Crippen LogP contribution in [-0.2, 0) is 31.0 Å². The lowest BCUT2D eigenvalue weighted by molar-refractivity contribution is -0.206. The van der Waals surface area contributed by atoms with Crippen molar-refractivity contribution in [2.75, 3.05) is 6.61 Å². The van der Waals surface area contributed by atoms with Crippen molar-refractivity contribution in [2.45, 2.75) is 18.1 Å². The van der Waals surface area contributed by atoms with E-state index in [1.54, 1.807) is 0 Å². The third-order valence-electron chi connectivity index (χ3n) is 5.42. The van der Waals surface area contributed by atoms with Crippen LogP contribution in [0.4, 0.5) is 0 Å². The number of aliphatic carboxylic acids is 2. The fraction of sp³-hybridized carbons (Fsp3) is 0.143. The Kier molecular flexibility index (Phi) is 9.94. The fourth-order valence-corrected chi connectivity index (χ4v) is 4.15. The van der Waals surface area contributed by atoms with Crippen molar-refractivity contribution in [2.24, 2.45) is 0 Å². The standard InChI is InChI=1S/C24H20O2.C4H6O7S/c1-3-7-19(8-4-1)11-14-22-21-13-16-24(26-25-18-17-21)23(22)15-12-20-9-5-2-6-10-20;5-3(6)1-2(4(7)8)12(9,10)11/h1-16H,17-18H2;2H,1H2,(H,5,6)(H,7,8)(H,9,10,11). The Morgan fingerprint density at radius 3 is 1.84 bits per heavy atom. The predicted molar refractivity (Wildman–Crippen MR) is 143 cm³/mol. The average molecular weight is 539 g/mol. The molecule has 9 nitrogen and oxygen atoms in total. The van der Waals surface area contributed by atoms with E-state index in [0.29, 0.717) is 6.61 Å². The molecule has 198 valence electrons. The molecule has 1 atom stereocenters. The van der Waals surface area contributed by atoms with Gasteiger partial charge >= 0.3 is 11.9 Å². The molecule has 1 aliphatic heterocycles. The molecular weight excluding hydrogens is 512 g/mol. The van der Waals surface area contributed by atoms with Gasteiger partial charge in [0.25, 0.3) is 10.1 Å². The van der Waals surface area contributed by atoms with E-state index in [1.165, 1.54) is 16.7 Å². The van der Waals surface area contributed by atoms with Crippen molar-refractivity contribution in [3.8, 4) is 5.75 Å². The van der Waals surface area contributed by atoms with Crippen molar-refractivity contribution in [1.82, 2.24) is 0 Å². The highest BCUT2D eigenvalue weighted by atomic mass is 32.2. The molecule has 10 heteroatoms. The number of carboxylic acids is 2. The van der Waals surface area contributed by atoms with E-state index in [-0.39, 0.29) is 0 Å². The van der Waals surface area contributed by atoms with Crippen molar-refractivity contribution in [1.29, 1.82) is 0 Å². The summed E-state index contributed by atoms with van der Waals surface area (Å²) < 4.78 is 28.7. The van der Waals surface area contributed by atoms with E-state index in [0.717, 1.165) is 23.3 Å². The molecule has 0 spiro atoms. The minimum Gasteiger partial charge on any atom is -0.481 e. The number of rotatable bonds is 8. The molecule has 0 amide bonds. The van der Waals surface area contributed by atoms with Crippen molar-refractivity contribution < 1.29 is 42.5 Å². The van der Waals surface area contributed by atoms with Gasteiger partial charge in [0.2, 0.25) is 0 Å². The maximum absolute atomic E-state index is 10.2. The first-order chi connectivity index (χ1) is 18.1. The Hall–Kier alpha value is -4.25. The molecule has 0 aromatic heterocycles. The van der Waals surface area contributed by atoms with Crippen molar-refractivity contribution >= 4 is 46.4 Å². The third-order valence-corrected chi connectivity index (χ3v) is 6.51. The van der Waals surface area contributed by atoms with Gasteiger partial charge in [-0.15, -0.1) is 0 Å². The van der Waals surface area contributed by atoms with Crippen LogP contribution < -0.4 is 4.89 Å². The smallest absolute Gasteiger partial charge is 0.325 e. The topological polar surface area (TPSA) is 147 Å². The van der Waals surface area contributed by atoms with Crippen LogP contribution in [0.25, 0.3) is 24.3 Å². The first-order valence-electron chi connectivity index (χ1n) is 11.5. The summed E-state index contributed by atoms with van der Waals surface area (Å²) in [6.07, 6.45) is 8.19. The van der Waals surface area contributed by atoms with Gasteiger partial charge in [0.15, 0.2) is 11.0 Å². The SMILES string of the molecule is C(=Cc1c2ccc(c1C=Cc1ccccc1)OOCC2)c1ccccc1.O=C(O)CC(C(=O)O)S(=O)(=O)O. The average Bonchev–Trinajstić information content (AvgIpc) is 2.86. The van der Waals surface area contributed by atoms with Crippen molar-refractivity contribution in [3.05, 3.63) is 101 Å². The van der Waals surface area contributed by atoms with E-state index in [9.17, 15) is 18.0 Å². The van der Waals surface area contributed by atoms with Crippen LogP contribution in [0.5, 0.6) is 5.75 Å². The molecule has 3 aromatic carbocycles. The summed E-state index contributed by atoms with van der Waals surface area (Å²) in [4.78, 5) is 30.8. The van der Waals surface area contributed by atoms with Crippen LogP contribution in [0.15, 0.2) is 72.8 Å². The second kappa shape index (κ2) is 13.3. The van der Waals surface area contributed by atoms with Gasteiger partial charge in [-0.25, -0.2) is 0 Å². The molecule has 0 fully saturated rings. The van der Waals surface area contributed by atoms with Crippen LogP contribution in [0, 0.1) is 0 Å². The molecule has 1 aliphatic rings. The first-order valence-corrected chi connectivity index (χ1v) is 13.0. The maximum Gasteiger partial charge on any atom is 0.325 e. The van der Waals surface area contributed by atoms with Gasteiger partial charge in [-0.1, -0.05) is 85.0 Å². The zero-order valence-corrected chi connectivity index (χ0v) is 21.0. The summed E-state index contributed by atoms with van der Waals surface area (Å²) in [7, 11) is -4.84. The van der Waals surface area contributed by atoms with Crippen molar-refractivity contribution in [3.63, 3.8) is 0 Å². The van der Waals surface area contributed by atoms with Crippen LogP contribution in [0.2, 0.25) is 0 Å². The minimum atomic E-state index is -4.84. The number of carboxylic acid groups (broad SMARTS) is 2. The van der Waals surface area contributed by atoms with E-state index >= 15 is 0 Å². The molecule has 2 bridgehead atoms. The monoisotopic (exact) mass is 538 g/mol. The molecule has 0 radical (unpaired) electrons. The summed E-state index contributed by atoms with van der Waals surface area (Å²) in [5, 5.41) is 13.9. The van der Waals surface area contributed by atoms with E-state index in [1.807, 2.05) is 42.5 Å². The fourth-order valence-electron chi connectivity index (χ4n) is 3.54. The first kappa shape index (κ1) is 28.3. The lowest BCUT2D eigenvalue weighted by atomic mass is 9.95. The zero-order valence-electron chi connectivity index (χ0n) is 20.1. The number of hydrogen-bond donors (Lipinski definition) is 3. The molecule has 1 unspecified atom stereocenters. The highest BCUT2D eigenvalue weighted by molar-refractivity contribution is 7.87. The lowest BCUT2D eigenvalue weighted by Gasteiger charge is -2.18. The van der Waals surface area contributed by atoms with Gasteiger partial charge in [0.1, 0.15) is 0 Å². The summed E-state index contributed by atoms with van der Waals surface area (Å²) >= 11 is 0. The molecule has 1 heterocycles. The van der Waals surface area contributed by atoms with Gasteiger partial charge in [-0.2, -0.15) is 13.3 Å². The van der Waals surface area contributed by atoms with Gasteiger partial charge < -0.3 is 15.1 Å². The summed E-state index contributed by atoms with van der Waals surface area (Å²) in [5.41, 5.74) is 5.81. The van der Waals surface area contributed by atoms with Crippen LogP contribution in [0.1, 0.15) is 34.2 Å². The maximum atomic E-state index is 10.2. The quantitative estimate of drug-likeness (QED) is 0.211. The Bertz CT molecular complexity index is 1330. The molecular formula is C28H26O9S. The Morgan fingerprint density at radius 1 is 0.816 bits per heavy atom. The number of benzene rings is 3.